The summed E-state index contributed by atoms with van der Waals surface area (Å²) in [5.41, 5.74) is 7.31. The lowest BCUT2D eigenvalue weighted by molar-refractivity contribution is -0.136. The number of nitrogens with zero attached hydrogens (tertiary/aromatic N) is 2. The lowest BCUT2D eigenvalue weighted by Crippen LogP contribution is -2.12. The van der Waals surface area contributed by atoms with Gasteiger partial charge in [0.25, 0.3) is 0 Å². The molecule has 5 nitrogen and oxygen atoms in total. The Balaban J connectivity index is 2.03. The van der Waals surface area contributed by atoms with E-state index in [9.17, 15) is 4.79 Å². The van der Waals surface area contributed by atoms with E-state index in [1.165, 1.54) is 16.9 Å². The van der Waals surface area contributed by atoms with Gasteiger partial charge in [-0.2, -0.15) is 0 Å². The first-order chi connectivity index (χ1) is 9.06. The highest BCUT2D eigenvalue weighted by atomic mass is 32.2. The molecule has 2 aromatic heterocycles. The quantitative estimate of drug-likeness (QED) is 0.667. The van der Waals surface area contributed by atoms with Crippen molar-refractivity contribution in [2.75, 3.05) is 5.73 Å². The second-order valence-electron chi connectivity index (χ2n) is 4.53. The van der Waals surface area contributed by atoms with Crippen molar-refractivity contribution in [3.8, 4) is 0 Å². The van der Waals surface area contributed by atoms with E-state index in [1.54, 1.807) is 18.3 Å². The van der Waals surface area contributed by atoms with Crippen molar-refractivity contribution in [2.24, 2.45) is 0 Å². The van der Waals surface area contributed by atoms with E-state index < -0.39 is 11.2 Å². The molecule has 3 N–H and O–H groups in total. The Morgan fingerprint density at radius 2 is 2.26 bits per heavy atom. The number of thiophene rings is 1. The SMILES string of the molecule is C[C@H](Sc1nc(N)c2c3c(sc2n1)CCC3)C(=O)O. The molecule has 0 radical (unpaired) electrons. The minimum Gasteiger partial charge on any atom is -0.480 e. The summed E-state index contributed by atoms with van der Waals surface area (Å²) >= 11 is 2.78. The van der Waals surface area contributed by atoms with Crippen molar-refractivity contribution in [2.45, 2.75) is 36.6 Å². The number of hydrogen-bond acceptors (Lipinski definition) is 6. The van der Waals surface area contributed by atoms with E-state index in [2.05, 4.69) is 9.97 Å². The zero-order valence-corrected chi connectivity index (χ0v) is 12.0. The highest BCUT2D eigenvalue weighted by molar-refractivity contribution is 8.00. The van der Waals surface area contributed by atoms with E-state index in [1.807, 2.05) is 0 Å². The zero-order valence-electron chi connectivity index (χ0n) is 10.3. The fourth-order valence-electron chi connectivity index (χ4n) is 2.26. The summed E-state index contributed by atoms with van der Waals surface area (Å²) in [6, 6.07) is 0. The largest absolute Gasteiger partial charge is 0.480 e. The second-order valence-corrected chi connectivity index (χ2v) is 6.92. The Hall–Kier alpha value is -1.34. The van der Waals surface area contributed by atoms with E-state index in [-0.39, 0.29) is 0 Å². The molecule has 0 fully saturated rings. The highest BCUT2D eigenvalue weighted by Crippen LogP contribution is 2.39. The highest BCUT2D eigenvalue weighted by Gasteiger charge is 2.22. The van der Waals surface area contributed by atoms with Crippen LogP contribution in [0.5, 0.6) is 0 Å². The molecule has 100 valence electrons. The summed E-state index contributed by atoms with van der Waals surface area (Å²) in [6.07, 6.45) is 3.30. The molecule has 1 atom stereocenters. The number of aromatic nitrogens is 2. The molecule has 0 aliphatic heterocycles. The standard InChI is InChI=1S/C12H13N3O2S2/c1-5(11(16)17)18-12-14-9(13)8-6-3-2-4-7(6)19-10(8)15-12/h5H,2-4H2,1H3,(H,16,17)(H2,13,14,15)/t5-/m0/s1. The Bertz CT molecular complexity index is 669. The van der Waals surface area contributed by atoms with E-state index in [0.29, 0.717) is 11.0 Å². The van der Waals surface area contributed by atoms with E-state index >= 15 is 0 Å². The van der Waals surface area contributed by atoms with Gasteiger partial charge >= 0.3 is 5.97 Å². The predicted octanol–water partition coefficient (Wildman–Crippen LogP) is 2.33. The van der Waals surface area contributed by atoms with Crippen LogP contribution in [0, 0.1) is 0 Å². The second kappa shape index (κ2) is 4.64. The zero-order chi connectivity index (χ0) is 13.6. The van der Waals surface area contributed by atoms with Crippen LogP contribution in [-0.4, -0.2) is 26.3 Å². The van der Waals surface area contributed by atoms with Gasteiger partial charge in [-0.3, -0.25) is 4.79 Å². The lowest BCUT2D eigenvalue weighted by Gasteiger charge is -2.06. The number of aliphatic carboxylic acids is 1. The maximum absolute atomic E-state index is 10.9. The Morgan fingerprint density at radius 3 is 3.00 bits per heavy atom. The molecular formula is C12H13N3O2S2. The molecule has 0 saturated heterocycles. The molecule has 0 aromatic carbocycles. The molecule has 1 aliphatic carbocycles. The van der Waals surface area contributed by atoms with E-state index in [4.69, 9.17) is 10.8 Å². The van der Waals surface area contributed by atoms with Gasteiger partial charge in [-0.25, -0.2) is 9.97 Å². The maximum Gasteiger partial charge on any atom is 0.316 e. The summed E-state index contributed by atoms with van der Waals surface area (Å²) < 4.78 is 0. The van der Waals surface area contributed by atoms with Crippen molar-refractivity contribution in [1.29, 1.82) is 0 Å². The minimum atomic E-state index is -0.874. The molecule has 3 rings (SSSR count). The summed E-state index contributed by atoms with van der Waals surface area (Å²) in [6.45, 7) is 1.62. The summed E-state index contributed by atoms with van der Waals surface area (Å²) in [7, 11) is 0. The van der Waals surface area contributed by atoms with Crippen molar-refractivity contribution in [3.05, 3.63) is 10.4 Å². The third-order valence-electron chi connectivity index (χ3n) is 3.20. The van der Waals surface area contributed by atoms with Crippen LogP contribution in [0.25, 0.3) is 10.2 Å². The van der Waals surface area contributed by atoms with Gasteiger partial charge in [-0.15, -0.1) is 11.3 Å². The first-order valence-corrected chi connectivity index (χ1v) is 7.73. The van der Waals surface area contributed by atoms with Crippen LogP contribution >= 0.6 is 23.1 Å². The lowest BCUT2D eigenvalue weighted by atomic mass is 10.2. The van der Waals surface area contributed by atoms with Crippen LogP contribution in [0.2, 0.25) is 0 Å². The van der Waals surface area contributed by atoms with Crippen LogP contribution in [0.15, 0.2) is 5.16 Å². The number of anilines is 1. The average Bonchev–Trinajstić information content (AvgIpc) is 2.87. The summed E-state index contributed by atoms with van der Waals surface area (Å²) in [5.74, 6) is -0.398. The van der Waals surface area contributed by atoms with Crippen LogP contribution in [0.3, 0.4) is 0 Å². The van der Waals surface area contributed by atoms with Gasteiger partial charge in [0.15, 0.2) is 5.16 Å². The van der Waals surface area contributed by atoms with Crippen LogP contribution in [0.4, 0.5) is 5.82 Å². The van der Waals surface area contributed by atoms with Gasteiger partial charge in [-0.1, -0.05) is 11.8 Å². The maximum atomic E-state index is 10.9. The molecule has 7 heteroatoms. The van der Waals surface area contributed by atoms with Gasteiger partial charge < -0.3 is 10.8 Å². The molecule has 0 amide bonds. The molecule has 0 saturated carbocycles. The normalized spacial score (nSPS) is 15.6. The fourth-order valence-corrected chi connectivity index (χ4v) is 4.30. The number of carbonyl (C=O) groups is 1. The number of carboxylic acid groups (broad SMARTS) is 1. The molecule has 0 spiro atoms. The smallest absolute Gasteiger partial charge is 0.316 e. The van der Waals surface area contributed by atoms with Crippen LogP contribution in [0.1, 0.15) is 23.8 Å². The molecule has 2 heterocycles. The first-order valence-electron chi connectivity index (χ1n) is 6.03. The van der Waals surface area contributed by atoms with Gasteiger partial charge in [0.2, 0.25) is 0 Å². The molecule has 1 aliphatic rings. The number of hydrogen-bond donors (Lipinski definition) is 2. The topological polar surface area (TPSA) is 89.1 Å². The third kappa shape index (κ3) is 2.17. The molecule has 2 aromatic rings. The Morgan fingerprint density at radius 1 is 1.47 bits per heavy atom. The van der Waals surface area contributed by atoms with Gasteiger partial charge in [0.1, 0.15) is 15.9 Å². The Labute approximate surface area is 118 Å². The van der Waals surface area contributed by atoms with Gasteiger partial charge in [0.05, 0.1) is 5.39 Å². The number of nitrogens with two attached hydrogens (primary N) is 1. The van der Waals surface area contributed by atoms with Crippen molar-refractivity contribution in [3.63, 3.8) is 0 Å². The first kappa shape index (κ1) is 12.7. The van der Waals surface area contributed by atoms with Crippen molar-refractivity contribution >= 4 is 45.1 Å². The molecular weight excluding hydrogens is 282 g/mol. The van der Waals surface area contributed by atoms with Crippen LogP contribution < -0.4 is 5.73 Å². The van der Waals surface area contributed by atoms with E-state index in [0.717, 1.165) is 34.8 Å². The fraction of sp³-hybridized carbons (Fsp3) is 0.417. The van der Waals surface area contributed by atoms with Crippen molar-refractivity contribution in [1.82, 2.24) is 9.97 Å². The minimum absolute atomic E-state index is 0.444. The van der Waals surface area contributed by atoms with Gasteiger partial charge in [0, 0.05) is 4.88 Å². The predicted molar refractivity (Wildman–Crippen MR) is 76.8 cm³/mol. The Kier molecular flexibility index (Phi) is 3.10. The van der Waals surface area contributed by atoms with Gasteiger partial charge in [-0.05, 0) is 31.7 Å². The molecule has 19 heavy (non-hydrogen) atoms. The number of rotatable bonds is 3. The average molecular weight is 295 g/mol. The summed E-state index contributed by atoms with van der Waals surface area (Å²) in [4.78, 5) is 21.8. The number of fused-ring (bicyclic) bond motifs is 3. The number of carboxylic acids is 1. The van der Waals surface area contributed by atoms with Crippen molar-refractivity contribution < 1.29 is 9.90 Å². The third-order valence-corrected chi connectivity index (χ3v) is 5.34. The number of thioether (sulfide) groups is 1. The molecule has 0 bridgehead atoms. The molecule has 0 unspecified atom stereocenters. The van der Waals surface area contributed by atoms with Crippen LogP contribution in [-0.2, 0) is 17.6 Å². The number of nitrogen functional groups attached to an aromatic ring is 1. The number of aryl methyl sites for hydroxylation is 2. The monoisotopic (exact) mass is 295 g/mol. The summed E-state index contributed by atoms with van der Waals surface area (Å²) in [5, 5.41) is 9.76.